The summed E-state index contributed by atoms with van der Waals surface area (Å²) in [6, 6.07) is 12.5. The number of carbonyl (C=O) groups is 1. The lowest BCUT2D eigenvalue weighted by molar-refractivity contribution is -0.216. The number of hydrogen-bond donors (Lipinski definition) is 2. The molecule has 1 aliphatic rings. The molecule has 8 heteroatoms. The minimum Gasteiger partial charge on any atom is -0.395 e. The molecule has 3 rings (SSSR count). The van der Waals surface area contributed by atoms with E-state index in [-0.39, 0.29) is 11.3 Å². The van der Waals surface area contributed by atoms with Crippen LogP contribution in [0.15, 0.2) is 53.0 Å². The number of aliphatic hydroxyl groups is 1. The van der Waals surface area contributed by atoms with Crippen LogP contribution in [0.3, 0.4) is 0 Å². The van der Waals surface area contributed by atoms with Gasteiger partial charge in [0.2, 0.25) is 5.66 Å². The van der Waals surface area contributed by atoms with Crippen molar-refractivity contribution in [3.8, 4) is 0 Å². The van der Waals surface area contributed by atoms with Crippen molar-refractivity contribution >= 4 is 27.5 Å². The van der Waals surface area contributed by atoms with E-state index in [1.807, 2.05) is 0 Å². The Morgan fingerprint density at radius 1 is 1.19 bits per heavy atom. The van der Waals surface area contributed by atoms with Crippen molar-refractivity contribution in [3.05, 3.63) is 64.1 Å². The second kappa shape index (κ2) is 6.92. The highest BCUT2D eigenvalue weighted by Crippen LogP contribution is 2.43. The van der Waals surface area contributed by atoms with Crippen molar-refractivity contribution in [2.45, 2.75) is 18.3 Å². The number of halogens is 4. The molecule has 0 fully saturated rings. The van der Waals surface area contributed by atoms with E-state index in [0.717, 1.165) is 0 Å². The molecule has 1 aliphatic heterocycles. The lowest BCUT2D eigenvalue weighted by Gasteiger charge is -2.48. The smallest absolute Gasteiger partial charge is 0.395 e. The second-order valence-corrected chi connectivity index (χ2v) is 6.92. The first-order chi connectivity index (χ1) is 12.3. The molecular formula is C18H16BrF3N2O2. The number of benzene rings is 2. The van der Waals surface area contributed by atoms with Crippen molar-refractivity contribution in [1.29, 1.82) is 0 Å². The predicted molar refractivity (Wildman–Crippen MR) is 94.8 cm³/mol. The van der Waals surface area contributed by atoms with Gasteiger partial charge in [-0.1, -0.05) is 40.2 Å². The summed E-state index contributed by atoms with van der Waals surface area (Å²) in [6.07, 6.45) is -5.22. The first-order valence-corrected chi connectivity index (χ1v) is 8.69. The summed E-state index contributed by atoms with van der Waals surface area (Å²) in [5.41, 5.74) is -1.91. The van der Waals surface area contributed by atoms with Gasteiger partial charge < -0.3 is 15.3 Å². The molecule has 0 radical (unpaired) electrons. The van der Waals surface area contributed by atoms with Gasteiger partial charge in [0, 0.05) is 28.7 Å². The number of carbonyl (C=O) groups excluding carboxylic acids is 1. The largest absolute Gasteiger partial charge is 0.430 e. The van der Waals surface area contributed by atoms with Crippen LogP contribution in [-0.2, 0) is 6.42 Å². The first kappa shape index (κ1) is 18.7. The molecule has 0 aliphatic carbocycles. The number of β-amino-alcohol motifs (C(OH)–C–C–N with tert-alkyl or cyclic N) is 1. The topological polar surface area (TPSA) is 52.6 Å². The molecule has 2 aromatic rings. The second-order valence-electron chi connectivity index (χ2n) is 6.01. The molecule has 4 nitrogen and oxygen atoms in total. The Labute approximate surface area is 156 Å². The summed E-state index contributed by atoms with van der Waals surface area (Å²) in [4.78, 5) is 13.5. The molecule has 2 N–H and O–H groups in total. The van der Waals surface area contributed by atoms with Gasteiger partial charge in [-0.2, -0.15) is 13.2 Å². The molecule has 1 atom stereocenters. The molecule has 138 valence electrons. The minimum atomic E-state index is -4.77. The van der Waals surface area contributed by atoms with Gasteiger partial charge in [-0.25, -0.2) is 0 Å². The maximum Gasteiger partial charge on any atom is 0.430 e. The predicted octanol–water partition coefficient (Wildman–Crippen LogP) is 3.81. The zero-order valence-corrected chi connectivity index (χ0v) is 15.1. The van der Waals surface area contributed by atoms with Crippen LogP contribution >= 0.6 is 15.9 Å². The van der Waals surface area contributed by atoms with Gasteiger partial charge >= 0.3 is 6.18 Å². The Balaban J connectivity index is 2.16. The molecule has 0 spiro atoms. The van der Waals surface area contributed by atoms with E-state index >= 15 is 0 Å². The molecule has 0 saturated heterocycles. The number of hydrogen-bond acceptors (Lipinski definition) is 3. The molecule has 0 saturated carbocycles. The number of nitrogens with one attached hydrogen (secondary N) is 1. The molecule has 1 heterocycles. The molecule has 1 amide bonds. The summed E-state index contributed by atoms with van der Waals surface area (Å²) >= 11 is 3.24. The maximum atomic E-state index is 14.3. The highest BCUT2D eigenvalue weighted by atomic mass is 79.9. The van der Waals surface area contributed by atoms with Crippen LogP contribution in [0.5, 0.6) is 0 Å². The van der Waals surface area contributed by atoms with E-state index in [4.69, 9.17) is 0 Å². The molecule has 0 bridgehead atoms. The van der Waals surface area contributed by atoms with Gasteiger partial charge in [-0.15, -0.1) is 0 Å². The van der Waals surface area contributed by atoms with Crippen LogP contribution in [0, 0.1) is 0 Å². The third-order valence-electron chi connectivity index (χ3n) is 4.37. The van der Waals surface area contributed by atoms with Crippen molar-refractivity contribution in [3.63, 3.8) is 0 Å². The molecule has 26 heavy (non-hydrogen) atoms. The summed E-state index contributed by atoms with van der Waals surface area (Å²) in [5.74, 6) is -0.763. The highest BCUT2D eigenvalue weighted by Gasteiger charge is 2.62. The van der Waals surface area contributed by atoms with Crippen LogP contribution in [0.1, 0.15) is 15.9 Å². The zero-order chi connectivity index (χ0) is 18.9. The number of fused-ring (bicyclic) bond motifs is 1. The SMILES string of the molecule is O=C1c2ccccc2CC(Nc2cccc(Br)c2)(C(F)(F)F)N1CCO. The third kappa shape index (κ3) is 3.19. The van der Waals surface area contributed by atoms with Gasteiger partial charge in [0.05, 0.1) is 6.61 Å². The Kier molecular flexibility index (Phi) is 4.98. The van der Waals surface area contributed by atoms with E-state index in [2.05, 4.69) is 21.2 Å². The van der Waals surface area contributed by atoms with Gasteiger partial charge in [-0.3, -0.25) is 4.79 Å². The van der Waals surface area contributed by atoms with Gasteiger partial charge in [0.1, 0.15) is 0 Å². The molecule has 0 aromatic heterocycles. The maximum absolute atomic E-state index is 14.3. The lowest BCUT2D eigenvalue weighted by atomic mass is 9.87. The quantitative estimate of drug-likeness (QED) is 0.778. The first-order valence-electron chi connectivity index (χ1n) is 7.90. The van der Waals surface area contributed by atoms with Gasteiger partial charge in [0.15, 0.2) is 0 Å². The summed E-state index contributed by atoms with van der Waals surface area (Å²) < 4.78 is 43.4. The average Bonchev–Trinajstić information content (AvgIpc) is 2.57. The number of anilines is 1. The fourth-order valence-electron chi connectivity index (χ4n) is 3.21. The van der Waals surface area contributed by atoms with Crippen LogP contribution in [0.25, 0.3) is 0 Å². The minimum absolute atomic E-state index is 0.215. The van der Waals surface area contributed by atoms with Crippen LogP contribution in [-0.4, -0.2) is 40.9 Å². The van der Waals surface area contributed by atoms with Crippen LogP contribution in [0.2, 0.25) is 0 Å². The van der Waals surface area contributed by atoms with E-state index in [0.29, 0.717) is 14.9 Å². The lowest BCUT2D eigenvalue weighted by Crippen LogP contribution is -2.69. The standard InChI is InChI=1S/C18H16BrF3N2O2/c19-13-5-3-6-14(10-13)23-17(18(20,21)22)11-12-4-1-2-7-15(12)16(26)24(17)8-9-25/h1-7,10,23,25H,8-9,11H2. The fourth-order valence-corrected chi connectivity index (χ4v) is 3.61. The Morgan fingerprint density at radius 3 is 2.58 bits per heavy atom. The summed E-state index contributed by atoms with van der Waals surface area (Å²) in [5, 5.41) is 11.8. The molecular weight excluding hydrogens is 413 g/mol. The van der Waals surface area contributed by atoms with E-state index in [1.165, 1.54) is 24.3 Å². The van der Waals surface area contributed by atoms with Crippen molar-refractivity contribution < 1.29 is 23.1 Å². The van der Waals surface area contributed by atoms with Crippen molar-refractivity contribution in [2.75, 3.05) is 18.5 Å². The Morgan fingerprint density at radius 2 is 1.92 bits per heavy atom. The number of amides is 1. The number of aliphatic hydroxyl groups excluding tert-OH is 1. The van der Waals surface area contributed by atoms with Crippen LogP contribution < -0.4 is 5.32 Å². The number of alkyl halides is 3. The normalized spacial score (nSPS) is 20.0. The highest BCUT2D eigenvalue weighted by molar-refractivity contribution is 9.10. The Hall–Kier alpha value is -2.06. The van der Waals surface area contributed by atoms with E-state index in [9.17, 15) is 23.1 Å². The van der Waals surface area contributed by atoms with Crippen molar-refractivity contribution in [2.24, 2.45) is 0 Å². The fraction of sp³-hybridized carbons (Fsp3) is 0.278. The van der Waals surface area contributed by atoms with Crippen LogP contribution in [0.4, 0.5) is 18.9 Å². The molecule has 1 unspecified atom stereocenters. The van der Waals surface area contributed by atoms with Gasteiger partial charge in [0.25, 0.3) is 5.91 Å². The third-order valence-corrected chi connectivity index (χ3v) is 4.86. The molecule has 2 aromatic carbocycles. The van der Waals surface area contributed by atoms with E-state index in [1.54, 1.807) is 24.3 Å². The Bertz CT molecular complexity index is 828. The van der Waals surface area contributed by atoms with Gasteiger partial charge in [-0.05, 0) is 29.8 Å². The average molecular weight is 429 g/mol. The number of nitrogens with zero attached hydrogens (tertiary/aromatic N) is 1. The number of rotatable bonds is 4. The van der Waals surface area contributed by atoms with E-state index < -0.39 is 37.3 Å². The van der Waals surface area contributed by atoms with Crippen molar-refractivity contribution in [1.82, 2.24) is 4.90 Å². The summed E-state index contributed by atoms with van der Waals surface area (Å²) in [6.45, 7) is -1.01. The zero-order valence-electron chi connectivity index (χ0n) is 13.6. The monoisotopic (exact) mass is 428 g/mol. The summed E-state index contributed by atoms with van der Waals surface area (Å²) in [7, 11) is 0.